The summed E-state index contributed by atoms with van der Waals surface area (Å²) in [6.07, 6.45) is 6.21. The topological polar surface area (TPSA) is 87.8 Å². The van der Waals surface area contributed by atoms with E-state index in [1.807, 2.05) is 60.7 Å². The van der Waals surface area contributed by atoms with Gasteiger partial charge in [0, 0.05) is 35.4 Å². The first-order valence-corrected chi connectivity index (χ1v) is 13.9. The van der Waals surface area contributed by atoms with Gasteiger partial charge in [-0.3, -0.25) is 0 Å². The van der Waals surface area contributed by atoms with Crippen molar-refractivity contribution in [1.29, 1.82) is 0 Å². The molecule has 230 valence electrons. The molecule has 0 spiro atoms. The summed E-state index contributed by atoms with van der Waals surface area (Å²) in [5.41, 5.74) is 4.05. The molecule has 10 heteroatoms. The van der Waals surface area contributed by atoms with Crippen molar-refractivity contribution in [2.75, 3.05) is 0 Å². The van der Waals surface area contributed by atoms with Crippen molar-refractivity contribution >= 4 is 21.8 Å². The van der Waals surface area contributed by atoms with Crippen LogP contribution in [0.15, 0.2) is 122 Å². The molecule has 0 aliphatic rings. The van der Waals surface area contributed by atoms with Crippen LogP contribution in [0, 0.1) is 24.3 Å². The summed E-state index contributed by atoms with van der Waals surface area (Å²) in [5, 5.41) is 1.29. The standard InChI is InChI=1S/C37H20N6O2.2Pd/c1-3-17-39-33(11-1)25-7-5-9-27(19-25)44-29-13-15-31-32-16-14-30(22-36(32)43(35(31)21-29)37-41-23-38-24-42-37)45-28-10-6-8-26(20-28)34-12-2-4-18-40-34;;/h1-18,23-24H;;/q-4;2*+2/i13D,14D;;. The van der Waals surface area contributed by atoms with E-state index in [2.05, 4.69) is 49.2 Å². The minimum absolute atomic E-state index is 0. The van der Waals surface area contributed by atoms with Crippen molar-refractivity contribution in [1.82, 2.24) is 29.5 Å². The first-order chi connectivity index (χ1) is 23.1. The minimum atomic E-state index is 0. The van der Waals surface area contributed by atoms with Crippen LogP contribution in [0.25, 0.3) is 50.3 Å². The van der Waals surface area contributed by atoms with E-state index >= 15 is 0 Å². The van der Waals surface area contributed by atoms with Gasteiger partial charge in [-0.25, -0.2) is 15.0 Å². The number of hydrogen-bond acceptors (Lipinski definition) is 7. The maximum Gasteiger partial charge on any atom is 2.00 e. The quantitative estimate of drug-likeness (QED) is 0.120. The summed E-state index contributed by atoms with van der Waals surface area (Å²) >= 11 is 0. The number of ether oxygens (including phenoxy) is 2. The van der Waals surface area contributed by atoms with Gasteiger partial charge in [0.1, 0.15) is 12.7 Å². The van der Waals surface area contributed by atoms with Crippen molar-refractivity contribution in [2.24, 2.45) is 0 Å². The second kappa shape index (κ2) is 14.1. The molecule has 0 aliphatic heterocycles. The summed E-state index contributed by atoms with van der Waals surface area (Å²) in [6, 6.07) is 38.8. The van der Waals surface area contributed by atoms with Gasteiger partial charge < -0.3 is 24.0 Å². The zero-order valence-electron chi connectivity index (χ0n) is 26.0. The van der Waals surface area contributed by atoms with Crippen LogP contribution in [0.5, 0.6) is 23.0 Å². The number of benzene rings is 4. The molecule has 4 heterocycles. The number of aromatic nitrogens is 6. The minimum Gasteiger partial charge on any atom is -0.503 e. The number of nitrogens with zero attached hydrogens (tertiary/aromatic N) is 6. The molecular weight excluding hydrogens is 773 g/mol. The molecule has 0 N–H and O–H groups in total. The summed E-state index contributed by atoms with van der Waals surface area (Å²) in [5.74, 6) is 1.45. The number of hydrogen-bond donors (Lipinski definition) is 0. The monoisotopic (exact) mass is 794 g/mol. The molecule has 0 unspecified atom stereocenters. The fourth-order valence-electron chi connectivity index (χ4n) is 4.95. The van der Waals surface area contributed by atoms with E-state index in [0.717, 1.165) is 22.5 Å². The molecule has 0 amide bonds. The Balaban J connectivity index is 0.00000208. The third-order valence-electron chi connectivity index (χ3n) is 6.93. The van der Waals surface area contributed by atoms with E-state index in [1.165, 1.54) is 12.7 Å². The van der Waals surface area contributed by atoms with Gasteiger partial charge >= 0.3 is 40.8 Å². The molecule has 0 atom stereocenters. The van der Waals surface area contributed by atoms with Crippen LogP contribution in [0.2, 0.25) is 0 Å². The second-order valence-electron chi connectivity index (χ2n) is 9.78. The molecule has 0 fully saturated rings. The molecule has 8 rings (SSSR count). The SMILES string of the molecule is [2H]c1cc2c3cc([2H])c(Oc4[c-]c(-c5ccccn5)ccc4)[c-]c3n(-c3ncncn3)c2[c-]c1Oc1[c-]c(-c2ccccn2)ccc1.[Pd+2].[Pd+2]. The van der Waals surface area contributed by atoms with Gasteiger partial charge in [-0.15, -0.1) is 71.7 Å². The van der Waals surface area contributed by atoms with Gasteiger partial charge in [-0.05, 0) is 26.3 Å². The van der Waals surface area contributed by atoms with Gasteiger partial charge in [0.2, 0.25) is 5.95 Å². The summed E-state index contributed by atoms with van der Waals surface area (Å²) in [7, 11) is 0. The average Bonchev–Trinajstić information content (AvgIpc) is 3.41. The predicted octanol–water partition coefficient (Wildman–Crippen LogP) is 7.87. The maximum absolute atomic E-state index is 8.82. The Labute approximate surface area is 300 Å². The second-order valence-corrected chi connectivity index (χ2v) is 9.78. The molecule has 0 bridgehead atoms. The van der Waals surface area contributed by atoms with Crippen LogP contribution < -0.4 is 9.47 Å². The molecule has 8 aromatic rings. The van der Waals surface area contributed by atoms with Crippen molar-refractivity contribution in [3.8, 4) is 51.5 Å². The van der Waals surface area contributed by atoms with Crippen molar-refractivity contribution in [2.45, 2.75) is 0 Å². The fraction of sp³-hybridized carbons (Fsp3) is 0. The van der Waals surface area contributed by atoms with Crippen LogP contribution in [-0.2, 0) is 40.8 Å². The summed E-state index contributed by atoms with van der Waals surface area (Å²) in [4.78, 5) is 21.5. The van der Waals surface area contributed by atoms with Crippen LogP contribution in [-0.4, -0.2) is 29.5 Å². The van der Waals surface area contributed by atoms with E-state index in [9.17, 15) is 0 Å². The summed E-state index contributed by atoms with van der Waals surface area (Å²) < 4.78 is 31.7. The van der Waals surface area contributed by atoms with Gasteiger partial charge in [-0.2, -0.15) is 22.9 Å². The molecule has 8 nitrogen and oxygen atoms in total. The van der Waals surface area contributed by atoms with Gasteiger partial charge in [-0.1, -0.05) is 47.4 Å². The van der Waals surface area contributed by atoms with E-state index in [-0.39, 0.29) is 64.4 Å². The van der Waals surface area contributed by atoms with Crippen LogP contribution >= 0.6 is 0 Å². The Morgan fingerprint density at radius 2 is 1.04 bits per heavy atom. The largest absolute Gasteiger partial charge is 2.00 e. The predicted molar refractivity (Wildman–Crippen MR) is 169 cm³/mol. The Kier molecular flexibility index (Phi) is 8.82. The smallest absolute Gasteiger partial charge is 0.503 e. The Bertz CT molecular complexity index is 2250. The number of fused-ring (bicyclic) bond motifs is 3. The molecule has 0 radical (unpaired) electrons. The Hall–Kier alpha value is -5.09. The summed E-state index contributed by atoms with van der Waals surface area (Å²) in [6.45, 7) is 0. The maximum atomic E-state index is 8.82. The van der Waals surface area contributed by atoms with E-state index in [1.54, 1.807) is 41.2 Å². The van der Waals surface area contributed by atoms with Crippen LogP contribution in [0.4, 0.5) is 0 Å². The normalized spacial score (nSPS) is 11.2. The zero-order valence-corrected chi connectivity index (χ0v) is 27.1. The van der Waals surface area contributed by atoms with Crippen LogP contribution in [0.3, 0.4) is 0 Å². The molecule has 0 saturated carbocycles. The third kappa shape index (κ3) is 6.60. The van der Waals surface area contributed by atoms with E-state index in [0.29, 0.717) is 39.3 Å². The Morgan fingerprint density at radius 1 is 0.532 bits per heavy atom. The molecular formula is C37H20N6O2Pd2. The van der Waals surface area contributed by atoms with Gasteiger partial charge in [0.25, 0.3) is 0 Å². The van der Waals surface area contributed by atoms with Crippen molar-refractivity contribution in [3.63, 3.8) is 0 Å². The fourth-order valence-corrected chi connectivity index (χ4v) is 4.95. The van der Waals surface area contributed by atoms with E-state index < -0.39 is 0 Å². The van der Waals surface area contributed by atoms with Crippen molar-refractivity contribution in [3.05, 3.63) is 146 Å². The van der Waals surface area contributed by atoms with Crippen LogP contribution in [0.1, 0.15) is 2.74 Å². The number of rotatable bonds is 7. The molecule has 47 heavy (non-hydrogen) atoms. The first kappa shape index (κ1) is 29.3. The first-order valence-electron chi connectivity index (χ1n) is 14.9. The Morgan fingerprint density at radius 3 is 1.51 bits per heavy atom. The third-order valence-corrected chi connectivity index (χ3v) is 6.93. The number of pyridine rings is 2. The average molecular weight is 795 g/mol. The van der Waals surface area contributed by atoms with Gasteiger partial charge in [0.05, 0.1) is 0 Å². The molecule has 4 aromatic heterocycles. The van der Waals surface area contributed by atoms with Crippen molar-refractivity contribution < 1.29 is 53.1 Å². The molecule has 4 aromatic carbocycles. The van der Waals surface area contributed by atoms with Gasteiger partial charge in [0.15, 0.2) is 0 Å². The molecule has 0 aliphatic carbocycles. The molecule has 0 saturated heterocycles. The zero-order chi connectivity index (χ0) is 31.7. The van der Waals surface area contributed by atoms with E-state index in [4.69, 9.17) is 12.2 Å².